The van der Waals surface area contributed by atoms with Gasteiger partial charge in [-0.05, 0) is 25.1 Å². The van der Waals surface area contributed by atoms with Crippen LogP contribution in [0, 0.1) is 6.92 Å². The van der Waals surface area contributed by atoms with Gasteiger partial charge in [0, 0.05) is 9.35 Å². The Kier molecular flexibility index (Phi) is 4.02. The molecule has 2 rings (SSSR count). The minimum atomic E-state index is 0.767. The first-order chi connectivity index (χ1) is 8.20. The summed E-state index contributed by atoms with van der Waals surface area (Å²) in [6.45, 7) is 2.79. The second-order valence-corrected chi connectivity index (χ2v) is 5.41. The van der Waals surface area contributed by atoms with Gasteiger partial charge in [-0.15, -0.1) is 11.3 Å². The van der Waals surface area contributed by atoms with E-state index in [9.17, 15) is 0 Å². The van der Waals surface area contributed by atoms with E-state index in [0.717, 1.165) is 28.1 Å². The third-order valence-corrected chi connectivity index (χ3v) is 3.87. The number of hydrogen-bond donors (Lipinski definition) is 1. The van der Waals surface area contributed by atoms with Crippen LogP contribution in [0.3, 0.4) is 0 Å². The van der Waals surface area contributed by atoms with E-state index in [0.29, 0.717) is 0 Å². The number of benzene rings is 1. The summed E-state index contributed by atoms with van der Waals surface area (Å²) >= 11 is 5.11. The lowest BCUT2D eigenvalue weighted by atomic mass is 10.3. The van der Waals surface area contributed by atoms with Crippen molar-refractivity contribution in [2.75, 3.05) is 12.4 Å². The molecule has 0 unspecified atom stereocenters. The SMILES string of the molecule is COc1ccc(Br)cc1NCc1scnc1C. The van der Waals surface area contributed by atoms with Gasteiger partial charge >= 0.3 is 0 Å². The quantitative estimate of drug-likeness (QED) is 0.931. The predicted octanol–water partition coefficient (Wildman–Crippen LogP) is 3.83. The summed E-state index contributed by atoms with van der Waals surface area (Å²) in [7, 11) is 1.67. The molecule has 0 saturated carbocycles. The van der Waals surface area contributed by atoms with Gasteiger partial charge in [0.2, 0.25) is 0 Å². The van der Waals surface area contributed by atoms with Gasteiger partial charge in [-0.3, -0.25) is 0 Å². The number of nitrogens with one attached hydrogen (secondary N) is 1. The van der Waals surface area contributed by atoms with Crippen molar-refractivity contribution in [2.24, 2.45) is 0 Å². The van der Waals surface area contributed by atoms with Gasteiger partial charge in [-0.25, -0.2) is 4.98 Å². The lowest BCUT2D eigenvalue weighted by Gasteiger charge is -2.11. The number of methoxy groups -OCH3 is 1. The topological polar surface area (TPSA) is 34.1 Å². The van der Waals surface area contributed by atoms with Gasteiger partial charge < -0.3 is 10.1 Å². The average molecular weight is 313 g/mol. The predicted molar refractivity (Wildman–Crippen MR) is 74.9 cm³/mol. The van der Waals surface area contributed by atoms with E-state index in [4.69, 9.17) is 4.74 Å². The Bertz CT molecular complexity index is 513. The highest BCUT2D eigenvalue weighted by Crippen LogP contribution is 2.28. The van der Waals surface area contributed by atoms with Gasteiger partial charge in [0.1, 0.15) is 5.75 Å². The number of halogens is 1. The van der Waals surface area contributed by atoms with Crippen LogP contribution in [0.5, 0.6) is 5.75 Å². The van der Waals surface area contributed by atoms with Crippen LogP contribution in [-0.4, -0.2) is 12.1 Å². The number of aromatic nitrogens is 1. The monoisotopic (exact) mass is 312 g/mol. The second-order valence-electron chi connectivity index (χ2n) is 3.56. The molecule has 0 amide bonds. The van der Waals surface area contributed by atoms with Gasteiger partial charge in [0.25, 0.3) is 0 Å². The molecule has 0 aliphatic carbocycles. The van der Waals surface area contributed by atoms with Crippen LogP contribution < -0.4 is 10.1 Å². The fraction of sp³-hybridized carbons (Fsp3) is 0.250. The van der Waals surface area contributed by atoms with Crippen LogP contribution in [0.2, 0.25) is 0 Å². The van der Waals surface area contributed by atoms with E-state index in [-0.39, 0.29) is 0 Å². The summed E-state index contributed by atoms with van der Waals surface area (Å²) in [6.07, 6.45) is 0. The normalized spacial score (nSPS) is 10.3. The molecule has 0 bridgehead atoms. The molecule has 0 aliphatic rings. The van der Waals surface area contributed by atoms with Gasteiger partial charge in [-0.2, -0.15) is 0 Å². The summed E-state index contributed by atoms with van der Waals surface area (Å²) in [6, 6.07) is 5.91. The van der Waals surface area contributed by atoms with Crippen LogP contribution in [0.15, 0.2) is 28.2 Å². The average Bonchev–Trinajstić information content (AvgIpc) is 2.72. The molecule has 1 aromatic carbocycles. The Balaban J connectivity index is 2.13. The molecule has 1 heterocycles. The molecular formula is C12H13BrN2OS. The number of nitrogens with zero attached hydrogens (tertiary/aromatic N) is 1. The largest absolute Gasteiger partial charge is 0.495 e. The summed E-state index contributed by atoms with van der Waals surface area (Å²) in [5.74, 6) is 0.843. The Morgan fingerprint density at radius 3 is 2.94 bits per heavy atom. The third kappa shape index (κ3) is 2.98. The maximum atomic E-state index is 5.30. The molecule has 90 valence electrons. The van der Waals surface area contributed by atoms with Crippen molar-refractivity contribution in [3.63, 3.8) is 0 Å². The van der Waals surface area contributed by atoms with Crippen LogP contribution in [0.25, 0.3) is 0 Å². The van der Waals surface area contributed by atoms with Crippen molar-refractivity contribution in [3.8, 4) is 5.75 Å². The number of anilines is 1. The third-order valence-electron chi connectivity index (χ3n) is 2.45. The van der Waals surface area contributed by atoms with Crippen molar-refractivity contribution >= 4 is 33.0 Å². The molecule has 0 spiro atoms. The zero-order chi connectivity index (χ0) is 12.3. The van der Waals surface area contributed by atoms with Gasteiger partial charge in [0.05, 0.1) is 30.5 Å². The molecule has 5 heteroatoms. The first-order valence-corrected chi connectivity index (χ1v) is 6.84. The van der Waals surface area contributed by atoms with E-state index in [2.05, 4.69) is 26.2 Å². The molecule has 0 atom stereocenters. The molecule has 1 N–H and O–H groups in total. The first kappa shape index (κ1) is 12.4. The Labute approximate surface area is 113 Å². The molecule has 0 aliphatic heterocycles. The van der Waals surface area contributed by atoms with Crippen LogP contribution in [-0.2, 0) is 6.54 Å². The van der Waals surface area contributed by atoms with E-state index in [1.807, 2.05) is 30.6 Å². The molecule has 1 aromatic heterocycles. The molecule has 17 heavy (non-hydrogen) atoms. The van der Waals surface area contributed by atoms with Crippen molar-refractivity contribution in [1.82, 2.24) is 4.98 Å². The molecule has 0 radical (unpaired) electrons. The Morgan fingerprint density at radius 2 is 2.29 bits per heavy atom. The number of aryl methyl sites for hydroxylation is 1. The first-order valence-electron chi connectivity index (χ1n) is 5.17. The fourth-order valence-electron chi connectivity index (χ4n) is 1.49. The highest BCUT2D eigenvalue weighted by molar-refractivity contribution is 9.10. The highest BCUT2D eigenvalue weighted by atomic mass is 79.9. The minimum Gasteiger partial charge on any atom is -0.495 e. The summed E-state index contributed by atoms with van der Waals surface area (Å²) < 4.78 is 6.33. The Morgan fingerprint density at radius 1 is 1.47 bits per heavy atom. The maximum Gasteiger partial charge on any atom is 0.142 e. The van der Waals surface area contributed by atoms with Gasteiger partial charge in [-0.1, -0.05) is 15.9 Å². The standard InChI is InChI=1S/C12H13BrN2OS/c1-8-12(17-7-15-8)6-14-10-5-9(13)3-4-11(10)16-2/h3-5,7,14H,6H2,1-2H3. The smallest absolute Gasteiger partial charge is 0.142 e. The van der Waals surface area contributed by atoms with E-state index in [1.54, 1.807) is 18.4 Å². The maximum absolute atomic E-state index is 5.30. The fourth-order valence-corrected chi connectivity index (χ4v) is 2.57. The van der Waals surface area contributed by atoms with E-state index < -0.39 is 0 Å². The van der Waals surface area contributed by atoms with Crippen LogP contribution >= 0.6 is 27.3 Å². The summed E-state index contributed by atoms with van der Waals surface area (Å²) in [5, 5.41) is 3.36. The number of ether oxygens (including phenoxy) is 1. The summed E-state index contributed by atoms with van der Waals surface area (Å²) in [4.78, 5) is 5.47. The van der Waals surface area contributed by atoms with Gasteiger partial charge in [0.15, 0.2) is 0 Å². The van der Waals surface area contributed by atoms with Crippen LogP contribution in [0.4, 0.5) is 5.69 Å². The molecule has 3 nitrogen and oxygen atoms in total. The van der Waals surface area contributed by atoms with Crippen molar-refractivity contribution in [3.05, 3.63) is 38.8 Å². The zero-order valence-corrected chi connectivity index (χ0v) is 12.1. The molecule has 2 aromatic rings. The van der Waals surface area contributed by atoms with Crippen molar-refractivity contribution < 1.29 is 4.74 Å². The molecule has 0 saturated heterocycles. The molecular weight excluding hydrogens is 300 g/mol. The lowest BCUT2D eigenvalue weighted by Crippen LogP contribution is -2.01. The Hall–Kier alpha value is -1.07. The number of rotatable bonds is 4. The van der Waals surface area contributed by atoms with E-state index >= 15 is 0 Å². The summed E-state index contributed by atoms with van der Waals surface area (Å²) in [5.41, 5.74) is 3.93. The molecule has 0 fully saturated rings. The minimum absolute atomic E-state index is 0.767. The number of thiazole rings is 1. The lowest BCUT2D eigenvalue weighted by molar-refractivity contribution is 0.416. The van der Waals surface area contributed by atoms with Crippen LogP contribution in [0.1, 0.15) is 10.6 Å². The highest BCUT2D eigenvalue weighted by Gasteiger charge is 2.05. The van der Waals surface area contributed by atoms with Crippen molar-refractivity contribution in [1.29, 1.82) is 0 Å². The second kappa shape index (κ2) is 5.51. The number of hydrogen-bond acceptors (Lipinski definition) is 4. The zero-order valence-electron chi connectivity index (χ0n) is 9.66. The van der Waals surface area contributed by atoms with Crippen molar-refractivity contribution in [2.45, 2.75) is 13.5 Å². The van der Waals surface area contributed by atoms with E-state index in [1.165, 1.54) is 4.88 Å².